The summed E-state index contributed by atoms with van der Waals surface area (Å²) in [5.41, 5.74) is 15.6. The number of rotatable bonds is 12. The minimum absolute atomic E-state index is 0.432. The molecule has 0 spiro atoms. The van der Waals surface area contributed by atoms with Crippen molar-refractivity contribution in [3.8, 4) is 0 Å². The normalized spacial score (nSPS) is 14.8. The minimum atomic E-state index is -1.46. The number of carboxylic acids is 1. The van der Waals surface area contributed by atoms with Gasteiger partial charge >= 0.3 is 5.97 Å². The van der Waals surface area contributed by atoms with Crippen LogP contribution in [0.1, 0.15) is 33.6 Å². The molecule has 5 amide bonds. The monoisotopic (exact) mass is 416 g/mol. The third-order valence-electron chi connectivity index (χ3n) is 3.77. The Hall–Kier alpha value is -3.22. The lowest BCUT2D eigenvalue weighted by Gasteiger charge is -2.26. The third-order valence-corrected chi connectivity index (χ3v) is 3.77. The number of carbonyl (C=O) groups excluding carboxylic acids is 5. The summed E-state index contributed by atoms with van der Waals surface area (Å²) < 4.78 is 0. The standard InChI is InChI=1S/C16H28N6O7/c1-6(2)12(22-13(25)8(17)4-10(18)23)15(27)21-9(5-11(19)24)14(26)20-7(3)16(28)29/h6-9,12H,4-5,17H2,1-3H3,(H2,18,23)(H2,19,24)(H,20,26)(H,21,27)(H,22,25)(H,28,29). The SMILES string of the molecule is CC(NC(=O)C(CC(N)=O)NC(=O)C(NC(=O)C(N)CC(N)=O)C(C)C)C(=O)O. The molecule has 0 rings (SSSR count). The Labute approximate surface area is 167 Å². The van der Waals surface area contributed by atoms with Crippen LogP contribution in [0.2, 0.25) is 0 Å². The Morgan fingerprint density at radius 1 is 0.793 bits per heavy atom. The average Bonchev–Trinajstić information content (AvgIpc) is 2.56. The Morgan fingerprint density at radius 2 is 1.31 bits per heavy atom. The van der Waals surface area contributed by atoms with Crippen molar-refractivity contribution in [1.29, 1.82) is 0 Å². The summed E-state index contributed by atoms with van der Waals surface area (Å²) in [5.74, 6) is -6.08. The van der Waals surface area contributed by atoms with Gasteiger partial charge in [0.05, 0.1) is 18.9 Å². The van der Waals surface area contributed by atoms with Crippen molar-refractivity contribution in [3.63, 3.8) is 0 Å². The number of hydrogen-bond donors (Lipinski definition) is 7. The molecule has 0 aromatic carbocycles. The Morgan fingerprint density at radius 3 is 1.72 bits per heavy atom. The molecule has 0 aromatic rings. The van der Waals surface area contributed by atoms with Crippen LogP contribution >= 0.6 is 0 Å². The number of carbonyl (C=O) groups is 6. The fourth-order valence-corrected chi connectivity index (χ4v) is 2.15. The van der Waals surface area contributed by atoms with Crippen LogP contribution in [-0.4, -0.2) is 64.8 Å². The summed E-state index contributed by atoms with van der Waals surface area (Å²) in [5, 5.41) is 15.6. The van der Waals surface area contributed by atoms with Crippen molar-refractivity contribution in [3.05, 3.63) is 0 Å². The van der Waals surface area contributed by atoms with E-state index in [4.69, 9.17) is 22.3 Å². The zero-order valence-corrected chi connectivity index (χ0v) is 16.4. The molecule has 4 atom stereocenters. The van der Waals surface area contributed by atoms with E-state index in [2.05, 4.69) is 16.0 Å². The number of hydrogen-bond acceptors (Lipinski definition) is 7. The van der Waals surface area contributed by atoms with Crippen LogP contribution in [-0.2, 0) is 28.8 Å². The highest BCUT2D eigenvalue weighted by molar-refractivity contribution is 5.96. The Kier molecular flexibility index (Phi) is 10.3. The minimum Gasteiger partial charge on any atom is -0.480 e. The number of nitrogens with one attached hydrogen (secondary N) is 3. The fraction of sp³-hybridized carbons (Fsp3) is 0.625. The predicted molar refractivity (Wildman–Crippen MR) is 99.5 cm³/mol. The Bertz CT molecular complexity index is 666. The first-order valence-corrected chi connectivity index (χ1v) is 8.72. The highest BCUT2D eigenvalue weighted by atomic mass is 16.4. The first-order chi connectivity index (χ1) is 13.3. The summed E-state index contributed by atoms with van der Waals surface area (Å²) >= 11 is 0. The number of aliphatic carboxylic acids is 1. The molecule has 13 heteroatoms. The van der Waals surface area contributed by atoms with Crippen molar-refractivity contribution in [2.45, 2.75) is 57.8 Å². The van der Waals surface area contributed by atoms with E-state index < -0.39 is 78.4 Å². The molecular formula is C16H28N6O7. The van der Waals surface area contributed by atoms with Crippen molar-refractivity contribution in [2.75, 3.05) is 0 Å². The molecule has 0 fully saturated rings. The number of amides is 5. The van der Waals surface area contributed by atoms with Gasteiger partial charge in [0.1, 0.15) is 18.1 Å². The maximum atomic E-state index is 12.6. The molecule has 0 aliphatic heterocycles. The lowest BCUT2D eigenvalue weighted by molar-refractivity contribution is -0.142. The van der Waals surface area contributed by atoms with Crippen molar-refractivity contribution < 1.29 is 33.9 Å². The van der Waals surface area contributed by atoms with E-state index in [9.17, 15) is 28.8 Å². The van der Waals surface area contributed by atoms with E-state index in [1.54, 1.807) is 13.8 Å². The Balaban J connectivity index is 5.31. The number of nitrogens with two attached hydrogens (primary N) is 3. The molecule has 0 bridgehead atoms. The van der Waals surface area contributed by atoms with Crippen LogP contribution in [0, 0.1) is 5.92 Å². The molecule has 0 aliphatic carbocycles. The second-order valence-corrected chi connectivity index (χ2v) is 6.81. The molecule has 164 valence electrons. The molecular weight excluding hydrogens is 388 g/mol. The lowest BCUT2D eigenvalue weighted by Crippen LogP contribution is -2.59. The van der Waals surface area contributed by atoms with Gasteiger partial charge in [0, 0.05) is 0 Å². The van der Waals surface area contributed by atoms with E-state index in [1.807, 2.05) is 0 Å². The third kappa shape index (κ3) is 9.51. The summed E-state index contributed by atoms with van der Waals surface area (Å²) in [6.07, 6.45) is -1.03. The van der Waals surface area contributed by atoms with Crippen LogP contribution in [0.15, 0.2) is 0 Å². The molecule has 0 saturated carbocycles. The second kappa shape index (κ2) is 11.6. The number of carboxylic acid groups (broad SMARTS) is 1. The van der Waals surface area contributed by atoms with Gasteiger partial charge in [0.2, 0.25) is 29.5 Å². The van der Waals surface area contributed by atoms with Gasteiger partial charge < -0.3 is 38.3 Å². The van der Waals surface area contributed by atoms with Gasteiger partial charge in [-0.15, -0.1) is 0 Å². The molecule has 4 unspecified atom stereocenters. The van der Waals surface area contributed by atoms with E-state index in [0.717, 1.165) is 0 Å². The summed E-state index contributed by atoms with van der Waals surface area (Å²) in [6, 6.07) is -5.18. The largest absolute Gasteiger partial charge is 0.480 e. The van der Waals surface area contributed by atoms with Gasteiger partial charge in [-0.05, 0) is 12.8 Å². The quantitative estimate of drug-likeness (QED) is 0.166. The average molecular weight is 416 g/mol. The van der Waals surface area contributed by atoms with Crippen LogP contribution in [0.25, 0.3) is 0 Å². The topological polar surface area (TPSA) is 237 Å². The zero-order valence-electron chi connectivity index (χ0n) is 16.4. The summed E-state index contributed by atoms with van der Waals surface area (Å²) in [6.45, 7) is 4.39. The van der Waals surface area contributed by atoms with Crippen LogP contribution in [0.5, 0.6) is 0 Å². The first kappa shape index (κ1) is 25.8. The maximum absolute atomic E-state index is 12.6. The van der Waals surface area contributed by atoms with E-state index >= 15 is 0 Å². The van der Waals surface area contributed by atoms with Crippen LogP contribution < -0.4 is 33.2 Å². The molecule has 0 aliphatic rings. The fourth-order valence-electron chi connectivity index (χ4n) is 2.15. The van der Waals surface area contributed by atoms with E-state index in [1.165, 1.54) is 6.92 Å². The molecule has 13 nitrogen and oxygen atoms in total. The highest BCUT2D eigenvalue weighted by Crippen LogP contribution is 2.05. The van der Waals surface area contributed by atoms with E-state index in [-0.39, 0.29) is 0 Å². The molecule has 0 heterocycles. The molecule has 29 heavy (non-hydrogen) atoms. The van der Waals surface area contributed by atoms with Gasteiger partial charge in [-0.25, -0.2) is 0 Å². The summed E-state index contributed by atoms with van der Waals surface area (Å²) in [4.78, 5) is 69.9. The van der Waals surface area contributed by atoms with E-state index in [0.29, 0.717) is 0 Å². The molecule has 0 radical (unpaired) electrons. The molecule has 10 N–H and O–H groups in total. The smallest absolute Gasteiger partial charge is 0.325 e. The maximum Gasteiger partial charge on any atom is 0.325 e. The summed E-state index contributed by atoms with van der Waals surface area (Å²) in [7, 11) is 0. The second-order valence-electron chi connectivity index (χ2n) is 6.81. The number of primary amides is 2. The van der Waals surface area contributed by atoms with Gasteiger partial charge in [0.15, 0.2) is 0 Å². The first-order valence-electron chi connectivity index (χ1n) is 8.72. The van der Waals surface area contributed by atoms with Gasteiger partial charge in [0.25, 0.3) is 0 Å². The van der Waals surface area contributed by atoms with Crippen LogP contribution in [0.3, 0.4) is 0 Å². The predicted octanol–water partition coefficient (Wildman–Crippen LogP) is -3.72. The highest BCUT2D eigenvalue weighted by Gasteiger charge is 2.31. The van der Waals surface area contributed by atoms with Crippen molar-refractivity contribution >= 4 is 35.5 Å². The molecule has 0 aromatic heterocycles. The van der Waals surface area contributed by atoms with Crippen molar-refractivity contribution in [1.82, 2.24) is 16.0 Å². The van der Waals surface area contributed by atoms with Gasteiger partial charge in [-0.3, -0.25) is 28.8 Å². The lowest BCUT2D eigenvalue weighted by atomic mass is 10.0. The van der Waals surface area contributed by atoms with Crippen molar-refractivity contribution in [2.24, 2.45) is 23.1 Å². The molecule has 0 saturated heterocycles. The van der Waals surface area contributed by atoms with Gasteiger partial charge in [-0.2, -0.15) is 0 Å². The zero-order chi connectivity index (χ0) is 22.9. The van der Waals surface area contributed by atoms with Crippen LogP contribution in [0.4, 0.5) is 0 Å². The van der Waals surface area contributed by atoms with Gasteiger partial charge in [-0.1, -0.05) is 13.8 Å².